The van der Waals surface area contributed by atoms with Crippen LogP contribution in [0.5, 0.6) is 0 Å². The summed E-state index contributed by atoms with van der Waals surface area (Å²) in [5, 5.41) is 0. The summed E-state index contributed by atoms with van der Waals surface area (Å²) in [6.45, 7) is 9.04. The van der Waals surface area contributed by atoms with Crippen molar-refractivity contribution < 1.29 is 0 Å². The normalized spacial score (nSPS) is 13.0. The molecule has 2 N–H and O–H groups in total. The van der Waals surface area contributed by atoms with Gasteiger partial charge in [-0.25, -0.2) is 9.97 Å². The number of rotatable bonds is 12. The topological polar surface area (TPSA) is 57.4 Å². The largest absolute Gasteiger partial charge is 0.354 e. The minimum atomic E-state index is 1.04. The fraction of sp³-hybridized carbons (Fsp3) is 0.444. The molecule has 0 amide bonds. The van der Waals surface area contributed by atoms with E-state index in [-0.39, 0.29) is 0 Å². The molecule has 5 heterocycles. The summed E-state index contributed by atoms with van der Waals surface area (Å²) in [7, 11) is 0. The summed E-state index contributed by atoms with van der Waals surface area (Å²) >= 11 is 0. The maximum absolute atomic E-state index is 5.16. The summed E-state index contributed by atoms with van der Waals surface area (Å²) < 4.78 is 0. The zero-order valence-corrected chi connectivity index (χ0v) is 25.0. The van der Waals surface area contributed by atoms with Crippen LogP contribution in [0.25, 0.3) is 45.4 Å². The summed E-state index contributed by atoms with van der Waals surface area (Å²) in [4.78, 5) is 17.8. The van der Waals surface area contributed by atoms with E-state index in [2.05, 4.69) is 86.2 Å². The Morgan fingerprint density at radius 1 is 0.500 bits per heavy atom. The van der Waals surface area contributed by atoms with Crippen LogP contribution in [0.4, 0.5) is 0 Å². The Kier molecular flexibility index (Phi) is 9.36. The van der Waals surface area contributed by atoms with E-state index in [1.165, 1.54) is 84.7 Å². The van der Waals surface area contributed by atoms with Gasteiger partial charge in [0.1, 0.15) is 0 Å². The summed E-state index contributed by atoms with van der Waals surface area (Å²) in [6, 6.07) is 13.6. The van der Waals surface area contributed by atoms with E-state index in [4.69, 9.17) is 9.97 Å². The highest BCUT2D eigenvalue weighted by Crippen LogP contribution is 2.32. The maximum Gasteiger partial charge on any atom is 0.0875 e. The number of fused-ring (bicyclic) bond motifs is 10. The van der Waals surface area contributed by atoms with Gasteiger partial charge in [-0.2, -0.15) is 0 Å². The number of hydrogen-bond donors (Lipinski definition) is 2. The first kappa shape index (κ1) is 28.1. The highest BCUT2D eigenvalue weighted by Gasteiger charge is 2.15. The van der Waals surface area contributed by atoms with Gasteiger partial charge >= 0.3 is 0 Å². The average Bonchev–Trinajstić information content (AvgIpc) is 3.74. The minimum Gasteiger partial charge on any atom is -0.354 e. The number of nitrogens with one attached hydrogen (secondary N) is 2. The van der Waals surface area contributed by atoms with E-state index >= 15 is 0 Å². The molecule has 3 aromatic rings. The quantitative estimate of drug-likeness (QED) is 0.243. The molecule has 4 nitrogen and oxygen atoms in total. The van der Waals surface area contributed by atoms with Gasteiger partial charge in [0.15, 0.2) is 0 Å². The van der Waals surface area contributed by atoms with Crippen LogP contribution in [-0.2, 0) is 12.8 Å². The molecule has 0 unspecified atom stereocenters. The van der Waals surface area contributed by atoms with Crippen molar-refractivity contribution in [2.24, 2.45) is 0 Å². The molecule has 0 spiro atoms. The van der Waals surface area contributed by atoms with Crippen molar-refractivity contribution in [3.8, 4) is 0 Å². The summed E-state index contributed by atoms with van der Waals surface area (Å²) in [5.74, 6) is 0. The van der Waals surface area contributed by atoms with E-state index < -0.39 is 0 Å². The van der Waals surface area contributed by atoms with Crippen molar-refractivity contribution in [3.63, 3.8) is 0 Å². The Hall–Kier alpha value is -3.40. The molecule has 0 saturated carbocycles. The van der Waals surface area contributed by atoms with Gasteiger partial charge in [-0.1, -0.05) is 53.4 Å². The Labute approximate surface area is 240 Å². The lowest BCUT2D eigenvalue weighted by molar-refractivity contribution is 0.799. The molecule has 40 heavy (non-hydrogen) atoms. The first-order chi connectivity index (χ1) is 19.6. The molecule has 3 aromatic heterocycles. The first-order valence-electron chi connectivity index (χ1n) is 15.8. The Bertz CT molecular complexity index is 1430. The van der Waals surface area contributed by atoms with Crippen molar-refractivity contribution in [2.75, 3.05) is 0 Å². The lowest BCUT2D eigenvalue weighted by atomic mass is 10.0. The molecule has 0 radical (unpaired) electrons. The zero-order chi connectivity index (χ0) is 27.9. The van der Waals surface area contributed by atoms with Crippen LogP contribution in [-0.4, -0.2) is 19.9 Å². The van der Waals surface area contributed by atoms with Crippen molar-refractivity contribution in [2.45, 2.75) is 105 Å². The predicted octanol–water partition coefficient (Wildman–Crippen LogP) is 10.5. The number of aromatic amines is 2. The first-order valence-corrected chi connectivity index (χ1v) is 15.8. The van der Waals surface area contributed by atoms with E-state index in [9.17, 15) is 0 Å². The van der Waals surface area contributed by atoms with Gasteiger partial charge in [0.25, 0.3) is 0 Å². The molecule has 2 aliphatic heterocycles. The summed E-state index contributed by atoms with van der Waals surface area (Å²) in [6.07, 6.45) is 18.3. The molecular weight excluding hydrogens is 488 g/mol. The minimum absolute atomic E-state index is 1.04. The number of aromatic nitrogens is 4. The zero-order valence-electron chi connectivity index (χ0n) is 25.0. The van der Waals surface area contributed by atoms with Crippen LogP contribution in [0.15, 0.2) is 36.4 Å². The molecule has 4 heteroatoms. The second-order valence-corrected chi connectivity index (χ2v) is 11.4. The lowest BCUT2D eigenvalue weighted by Crippen LogP contribution is -1.84. The van der Waals surface area contributed by atoms with Crippen molar-refractivity contribution in [1.29, 1.82) is 0 Å². The molecular formula is C36H46N4. The maximum atomic E-state index is 5.16. The third-order valence-corrected chi connectivity index (χ3v) is 8.20. The highest BCUT2D eigenvalue weighted by atomic mass is 14.8. The third-order valence-electron chi connectivity index (χ3n) is 8.20. The van der Waals surface area contributed by atoms with Gasteiger partial charge in [0.2, 0.25) is 0 Å². The highest BCUT2D eigenvalue weighted by molar-refractivity contribution is 5.90. The van der Waals surface area contributed by atoms with Crippen molar-refractivity contribution in [1.82, 2.24) is 19.9 Å². The van der Waals surface area contributed by atoms with Crippen LogP contribution < -0.4 is 0 Å². The molecule has 0 aromatic carbocycles. The van der Waals surface area contributed by atoms with E-state index in [1.807, 2.05) is 0 Å². The fourth-order valence-corrected chi connectivity index (χ4v) is 5.72. The van der Waals surface area contributed by atoms with Crippen LogP contribution in [0.1, 0.15) is 126 Å². The molecule has 8 bridgehead atoms. The number of nitrogens with zero attached hydrogens (tertiary/aromatic N) is 2. The number of H-pyrrole nitrogens is 2. The second kappa shape index (κ2) is 13.3. The Morgan fingerprint density at radius 2 is 0.900 bits per heavy atom. The van der Waals surface area contributed by atoms with Crippen LogP contribution in [0.2, 0.25) is 0 Å². The van der Waals surface area contributed by atoms with Gasteiger partial charge < -0.3 is 9.97 Å². The second-order valence-electron chi connectivity index (χ2n) is 11.4. The SMILES string of the molecule is CCCCC1=Cc2nc1ccc1nc(c3cc(CCCC)c(ccc4[nH]c2cc4CCCC)[nH]3)C=C1CCCC. The third kappa shape index (κ3) is 6.32. The van der Waals surface area contributed by atoms with E-state index in [0.29, 0.717) is 0 Å². The number of hydrogen-bond acceptors (Lipinski definition) is 2. The Balaban J connectivity index is 1.78. The van der Waals surface area contributed by atoms with E-state index in [1.54, 1.807) is 0 Å². The predicted molar refractivity (Wildman–Crippen MR) is 173 cm³/mol. The van der Waals surface area contributed by atoms with Crippen molar-refractivity contribution >= 4 is 45.4 Å². The number of unbranched alkanes of at least 4 members (excludes halogenated alkanes) is 4. The molecule has 2 aliphatic rings. The fourth-order valence-electron chi connectivity index (χ4n) is 5.72. The molecule has 210 valence electrons. The van der Waals surface area contributed by atoms with Gasteiger partial charge in [-0.3, -0.25) is 0 Å². The van der Waals surface area contributed by atoms with E-state index in [0.717, 1.165) is 59.5 Å². The van der Waals surface area contributed by atoms with Crippen LogP contribution >= 0.6 is 0 Å². The molecule has 0 fully saturated rings. The standard InChI is InChI=1S/C36H46N4/c1-5-9-13-25-21-33-34-22-26(14-10-6-2)31(38-34)19-20-32-28(16-12-8-4)24-36(40-32)35-23-27(15-11-7-3)30(39-35)18-17-29(25)37-33/h17-24,37,39H,5-16H2,1-4H3. The molecule has 0 saturated heterocycles. The van der Waals surface area contributed by atoms with Gasteiger partial charge in [-0.05, 0) is 122 Å². The monoisotopic (exact) mass is 534 g/mol. The average molecular weight is 535 g/mol. The van der Waals surface area contributed by atoms with Crippen LogP contribution in [0.3, 0.4) is 0 Å². The lowest BCUT2D eigenvalue weighted by Gasteiger charge is -2.01. The molecule has 0 atom stereocenters. The molecule has 0 aliphatic carbocycles. The van der Waals surface area contributed by atoms with Gasteiger partial charge in [-0.15, -0.1) is 0 Å². The summed E-state index contributed by atoms with van der Waals surface area (Å²) in [5.41, 5.74) is 14.3. The van der Waals surface area contributed by atoms with Gasteiger partial charge in [0, 0.05) is 11.0 Å². The number of allylic oxidation sites excluding steroid dienone is 2. The van der Waals surface area contributed by atoms with Gasteiger partial charge in [0.05, 0.1) is 33.8 Å². The van der Waals surface area contributed by atoms with Crippen LogP contribution in [0, 0.1) is 0 Å². The Morgan fingerprint density at radius 3 is 1.30 bits per heavy atom. The van der Waals surface area contributed by atoms with Crippen molar-refractivity contribution in [3.05, 3.63) is 70.3 Å². The smallest absolute Gasteiger partial charge is 0.0875 e. The molecule has 5 rings (SSSR count). The number of aryl methyl sites for hydroxylation is 2.